The molecule has 0 spiro atoms. The second-order valence-electron chi connectivity index (χ2n) is 5.72. The van der Waals surface area contributed by atoms with Gasteiger partial charge in [-0.3, -0.25) is 4.79 Å². The minimum atomic E-state index is -0.589. The molecule has 0 saturated heterocycles. The molecule has 3 atom stereocenters. The SMILES string of the molecule is COC(C(=O)NC1CCCCCC1CO)c1ccccc1. The minimum Gasteiger partial charge on any atom is -0.396 e. The van der Waals surface area contributed by atoms with Gasteiger partial charge in [0, 0.05) is 25.7 Å². The minimum absolute atomic E-state index is 0.0476. The number of hydrogen-bond donors (Lipinski definition) is 2. The van der Waals surface area contributed by atoms with Crippen LogP contribution in [0.15, 0.2) is 30.3 Å². The van der Waals surface area contributed by atoms with Gasteiger partial charge >= 0.3 is 0 Å². The van der Waals surface area contributed by atoms with Crippen LogP contribution in [0.5, 0.6) is 0 Å². The van der Waals surface area contributed by atoms with Crippen molar-refractivity contribution in [1.29, 1.82) is 0 Å². The summed E-state index contributed by atoms with van der Waals surface area (Å²) >= 11 is 0. The van der Waals surface area contributed by atoms with Crippen LogP contribution in [0, 0.1) is 5.92 Å². The molecule has 0 bridgehead atoms. The number of carbonyl (C=O) groups is 1. The maximum absolute atomic E-state index is 12.5. The van der Waals surface area contributed by atoms with Gasteiger partial charge < -0.3 is 15.2 Å². The molecule has 1 aliphatic rings. The normalized spacial score (nSPS) is 24.1. The second kappa shape index (κ2) is 8.15. The van der Waals surface area contributed by atoms with Crippen molar-refractivity contribution in [2.45, 2.75) is 44.2 Å². The summed E-state index contributed by atoms with van der Waals surface area (Å²) < 4.78 is 5.37. The average Bonchev–Trinajstić information content (AvgIpc) is 2.74. The number of ether oxygens (including phenoxy) is 1. The van der Waals surface area contributed by atoms with E-state index in [1.54, 1.807) is 7.11 Å². The molecule has 1 aromatic rings. The van der Waals surface area contributed by atoms with Crippen LogP contribution in [0.3, 0.4) is 0 Å². The first-order valence-electron chi connectivity index (χ1n) is 7.75. The Morgan fingerprint density at radius 3 is 2.67 bits per heavy atom. The first-order valence-corrected chi connectivity index (χ1v) is 7.75. The summed E-state index contributed by atoms with van der Waals surface area (Å²) in [5, 5.41) is 12.6. The molecule has 3 unspecified atom stereocenters. The van der Waals surface area contributed by atoms with Crippen molar-refractivity contribution in [3.8, 4) is 0 Å². The number of carbonyl (C=O) groups excluding carboxylic acids is 1. The van der Waals surface area contributed by atoms with Crippen LogP contribution in [0.2, 0.25) is 0 Å². The zero-order chi connectivity index (χ0) is 15.1. The highest BCUT2D eigenvalue weighted by Gasteiger charge is 2.28. The van der Waals surface area contributed by atoms with Crippen LogP contribution in [0.1, 0.15) is 43.8 Å². The van der Waals surface area contributed by atoms with Crippen LogP contribution in [-0.2, 0) is 9.53 Å². The van der Waals surface area contributed by atoms with Gasteiger partial charge in [-0.05, 0) is 18.4 Å². The molecule has 116 valence electrons. The number of methoxy groups -OCH3 is 1. The van der Waals surface area contributed by atoms with Crippen molar-refractivity contribution in [2.24, 2.45) is 5.92 Å². The van der Waals surface area contributed by atoms with E-state index >= 15 is 0 Å². The molecule has 4 nitrogen and oxygen atoms in total. The van der Waals surface area contributed by atoms with Crippen LogP contribution in [0.4, 0.5) is 0 Å². The first kappa shape index (κ1) is 16.0. The van der Waals surface area contributed by atoms with E-state index in [1.165, 1.54) is 6.42 Å². The molecule has 1 aromatic carbocycles. The number of benzene rings is 1. The van der Waals surface area contributed by atoms with E-state index in [0.717, 1.165) is 31.2 Å². The Balaban J connectivity index is 2.04. The standard InChI is InChI=1S/C17H25NO3/c1-21-16(13-8-4-2-5-9-13)17(20)18-15-11-7-3-6-10-14(15)12-19/h2,4-5,8-9,14-16,19H,3,6-7,10-12H2,1H3,(H,18,20). The molecule has 1 amide bonds. The fourth-order valence-corrected chi connectivity index (χ4v) is 3.07. The summed E-state index contributed by atoms with van der Waals surface area (Å²) in [7, 11) is 1.55. The lowest BCUT2D eigenvalue weighted by molar-refractivity contribution is -0.132. The summed E-state index contributed by atoms with van der Waals surface area (Å²) in [6, 6.07) is 9.55. The number of hydrogen-bond acceptors (Lipinski definition) is 3. The van der Waals surface area contributed by atoms with E-state index in [2.05, 4.69) is 5.32 Å². The fraction of sp³-hybridized carbons (Fsp3) is 0.588. The van der Waals surface area contributed by atoms with Gasteiger partial charge in [0.2, 0.25) is 0 Å². The molecule has 4 heteroatoms. The van der Waals surface area contributed by atoms with Gasteiger partial charge in [0.25, 0.3) is 5.91 Å². The average molecular weight is 291 g/mol. The highest BCUT2D eigenvalue weighted by molar-refractivity contribution is 5.82. The molecule has 0 aromatic heterocycles. The zero-order valence-corrected chi connectivity index (χ0v) is 12.6. The van der Waals surface area contributed by atoms with Crippen molar-refractivity contribution < 1.29 is 14.6 Å². The lowest BCUT2D eigenvalue weighted by Gasteiger charge is -2.26. The number of amides is 1. The highest BCUT2D eigenvalue weighted by Crippen LogP contribution is 2.24. The van der Waals surface area contributed by atoms with E-state index in [0.29, 0.717) is 0 Å². The third kappa shape index (κ3) is 4.29. The molecule has 1 aliphatic carbocycles. The molecule has 2 rings (SSSR count). The lowest BCUT2D eigenvalue weighted by Crippen LogP contribution is -2.43. The van der Waals surface area contributed by atoms with Gasteiger partial charge in [0.05, 0.1) is 0 Å². The second-order valence-corrected chi connectivity index (χ2v) is 5.72. The predicted molar refractivity (Wildman–Crippen MR) is 81.8 cm³/mol. The van der Waals surface area contributed by atoms with Crippen LogP contribution >= 0.6 is 0 Å². The molecule has 0 aliphatic heterocycles. The summed E-state index contributed by atoms with van der Waals surface area (Å²) in [4.78, 5) is 12.5. The van der Waals surface area contributed by atoms with Crippen LogP contribution in [-0.4, -0.2) is 30.8 Å². The Kier molecular flexibility index (Phi) is 6.21. The lowest BCUT2D eigenvalue weighted by atomic mass is 9.95. The zero-order valence-electron chi connectivity index (χ0n) is 12.6. The Morgan fingerprint density at radius 1 is 1.29 bits per heavy atom. The first-order chi connectivity index (χ1) is 10.3. The van der Waals surface area contributed by atoms with Gasteiger partial charge in [-0.25, -0.2) is 0 Å². The van der Waals surface area contributed by atoms with Crippen molar-refractivity contribution in [3.63, 3.8) is 0 Å². The molecule has 1 saturated carbocycles. The Morgan fingerprint density at radius 2 is 2.00 bits per heavy atom. The molecule has 0 radical (unpaired) electrons. The van der Waals surface area contributed by atoms with Gasteiger partial charge in [-0.2, -0.15) is 0 Å². The van der Waals surface area contributed by atoms with Gasteiger partial charge in [-0.15, -0.1) is 0 Å². The monoisotopic (exact) mass is 291 g/mol. The molecule has 2 N–H and O–H groups in total. The van der Waals surface area contributed by atoms with E-state index in [9.17, 15) is 9.90 Å². The van der Waals surface area contributed by atoms with E-state index in [4.69, 9.17) is 4.74 Å². The highest BCUT2D eigenvalue weighted by atomic mass is 16.5. The van der Waals surface area contributed by atoms with Gasteiger partial charge in [-0.1, -0.05) is 49.6 Å². The molecular weight excluding hydrogens is 266 g/mol. The summed E-state index contributed by atoms with van der Waals surface area (Å²) in [6.45, 7) is 0.133. The Hall–Kier alpha value is -1.39. The van der Waals surface area contributed by atoms with Crippen molar-refractivity contribution in [1.82, 2.24) is 5.32 Å². The number of rotatable bonds is 5. The molecular formula is C17H25NO3. The Bertz CT molecular complexity index is 435. The smallest absolute Gasteiger partial charge is 0.253 e. The van der Waals surface area contributed by atoms with Crippen molar-refractivity contribution in [3.05, 3.63) is 35.9 Å². The third-order valence-electron chi connectivity index (χ3n) is 4.30. The van der Waals surface area contributed by atoms with Crippen molar-refractivity contribution in [2.75, 3.05) is 13.7 Å². The fourth-order valence-electron chi connectivity index (χ4n) is 3.07. The molecule has 0 heterocycles. The van der Waals surface area contributed by atoms with Gasteiger partial charge in [0.15, 0.2) is 6.10 Å². The quantitative estimate of drug-likeness (QED) is 0.819. The topological polar surface area (TPSA) is 58.6 Å². The maximum Gasteiger partial charge on any atom is 0.253 e. The van der Waals surface area contributed by atoms with E-state index < -0.39 is 6.10 Å². The largest absolute Gasteiger partial charge is 0.396 e. The predicted octanol–water partition coefficient (Wildman–Crippen LogP) is 2.43. The van der Waals surface area contributed by atoms with E-state index in [1.807, 2.05) is 30.3 Å². The summed E-state index contributed by atoms with van der Waals surface area (Å²) in [6.07, 6.45) is 4.73. The van der Waals surface area contributed by atoms with Crippen LogP contribution < -0.4 is 5.32 Å². The van der Waals surface area contributed by atoms with Crippen LogP contribution in [0.25, 0.3) is 0 Å². The van der Waals surface area contributed by atoms with E-state index in [-0.39, 0.29) is 24.5 Å². The third-order valence-corrected chi connectivity index (χ3v) is 4.30. The number of aliphatic hydroxyl groups is 1. The Labute approximate surface area is 126 Å². The van der Waals surface area contributed by atoms with Gasteiger partial charge in [0.1, 0.15) is 0 Å². The summed E-state index contributed by atoms with van der Waals surface area (Å²) in [5.41, 5.74) is 0.853. The maximum atomic E-state index is 12.5. The molecule has 1 fully saturated rings. The molecule has 21 heavy (non-hydrogen) atoms. The van der Waals surface area contributed by atoms with Crippen molar-refractivity contribution >= 4 is 5.91 Å². The summed E-state index contributed by atoms with van der Waals surface area (Å²) in [5.74, 6) is 0.0405. The number of aliphatic hydroxyl groups excluding tert-OH is 1. The number of nitrogens with one attached hydrogen (secondary N) is 1.